The standard InChI is InChI=1S/C14H18O2S2Si2/c1-19(2,15)11-7-9-5-6-10-8-12(20(3,4)16)18-14(10)13(9)17-11/h5-8,15-16H,1-4H3. The molecule has 1 aromatic carbocycles. The molecule has 0 aliphatic heterocycles. The zero-order valence-electron chi connectivity index (χ0n) is 12.0. The number of thiophene rings is 2. The summed E-state index contributed by atoms with van der Waals surface area (Å²) < 4.78 is 4.74. The van der Waals surface area contributed by atoms with Crippen LogP contribution in [-0.2, 0) is 0 Å². The van der Waals surface area contributed by atoms with E-state index in [2.05, 4.69) is 24.3 Å². The number of hydrogen-bond acceptors (Lipinski definition) is 4. The van der Waals surface area contributed by atoms with Crippen LogP contribution in [0.1, 0.15) is 0 Å². The molecule has 2 heterocycles. The van der Waals surface area contributed by atoms with Gasteiger partial charge in [-0.1, -0.05) is 12.1 Å². The van der Waals surface area contributed by atoms with Crippen LogP contribution in [-0.4, -0.2) is 26.2 Å². The van der Waals surface area contributed by atoms with Gasteiger partial charge in [-0.25, -0.2) is 0 Å². The second kappa shape index (κ2) is 4.49. The molecule has 0 aliphatic rings. The minimum atomic E-state index is -2.25. The first-order valence-corrected chi connectivity index (χ1v) is 14.1. The van der Waals surface area contributed by atoms with Gasteiger partial charge in [0.1, 0.15) is 0 Å². The third kappa shape index (κ3) is 2.40. The molecule has 0 radical (unpaired) electrons. The molecule has 0 atom stereocenters. The lowest BCUT2D eigenvalue weighted by Gasteiger charge is -2.10. The van der Waals surface area contributed by atoms with E-state index in [-0.39, 0.29) is 0 Å². The highest BCUT2D eigenvalue weighted by molar-refractivity contribution is 7.37. The Morgan fingerprint density at radius 1 is 0.750 bits per heavy atom. The molecular weight excluding hydrogens is 320 g/mol. The average molecular weight is 339 g/mol. The number of fused-ring (bicyclic) bond motifs is 3. The summed E-state index contributed by atoms with van der Waals surface area (Å²) in [6.45, 7) is 7.83. The van der Waals surface area contributed by atoms with Crippen LogP contribution >= 0.6 is 22.7 Å². The maximum absolute atomic E-state index is 10.3. The fourth-order valence-corrected chi connectivity index (χ4v) is 7.80. The molecule has 2 nitrogen and oxygen atoms in total. The van der Waals surface area contributed by atoms with E-state index < -0.39 is 16.6 Å². The normalized spacial score (nSPS) is 13.5. The lowest BCUT2D eigenvalue weighted by molar-refractivity contribution is 0.568. The van der Waals surface area contributed by atoms with E-state index >= 15 is 0 Å². The highest BCUT2D eigenvalue weighted by Gasteiger charge is 2.26. The lowest BCUT2D eigenvalue weighted by Crippen LogP contribution is -2.39. The summed E-state index contributed by atoms with van der Waals surface area (Å²) in [5, 5.41) is 2.41. The monoisotopic (exact) mass is 338 g/mol. The van der Waals surface area contributed by atoms with Crippen LogP contribution in [0.25, 0.3) is 20.2 Å². The fraction of sp³-hybridized carbons (Fsp3) is 0.286. The van der Waals surface area contributed by atoms with Crippen molar-refractivity contribution in [2.45, 2.75) is 26.2 Å². The van der Waals surface area contributed by atoms with Crippen LogP contribution in [0.2, 0.25) is 26.2 Å². The van der Waals surface area contributed by atoms with Gasteiger partial charge in [-0.3, -0.25) is 0 Å². The minimum absolute atomic E-state index is 1.12. The van der Waals surface area contributed by atoms with Gasteiger partial charge in [0.15, 0.2) is 0 Å². The maximum atomic E-state index is 10.3. The van der Waals surface area contributed by atoms with Gasteiger partial charge in [-0.2, -0.15) is 0 Å². The molecule has 3 aromatic rings. The largest absolute Gasteiger partial charge is 0.427 e. The molecule has 0 aliphatic carbocycles. The molecule has 6 heteroatoms. The zero-order valence-corrected chi connectivity index (χ0v) is 15.7. The van der Waals surface area contributed by atoms with Crippen molar-refractivity contribution in [3.63, 3.8) is 0 Å². The van der Waals surface area contributed by atoms with Crippen LogP contribution in [0.15, 0.2) is 24.3 Å². The molecule has 0 saturated heterocycles. The van der Waals surface area contributed by atoms with Crippen LogP contribution in [0.4, 0.5) is 0 Å². The molecule has 20 heavy (non-hydrogen) atoms. The first-order valence-electron chi connectivity index (χ1n) is 6.58. The fourth-order valence-electron chi connectivity index (χ4n) is 2.20. The van der Waals surface area contributed by atoms with E-state index in [1.54, 1.807) is 22.7 Å². The Hall–Kier alpha value is -0.506. The van der Waals surface area contributed by atoms with Crippen molar-refractivity contribution in [2.24, 2.45) is 0 Å². The third-order valence-corrected chi connectivity index (χ3v) is 11.8. The lowest BCUT2D eigenvalue weighted by atomic mass is 10.2. The molecule has 2 aromatic heterocycles. The van der Waals surface area contributed by atoms with Crippen molar-refractivity contribution < 1.29 is 9.59 Å². The van der Waals surface area contributed by atoms with E-state index in [1.165, 1.54) is 20.2 Å². The van der Waals surface area contributed by atoms with Crippen molar-refractivity contribution in [3.05, 3.63) is 24.3 Å². The van der Waals surface area contributed by atoms with E-state index in [0.717, 1.165) is 9.00 Å². The molecule has 0 spiro atoms. The van der Waals surface area contributed by atoms with E-state index in [1.807, 2.05) is 26.2 Å². The second-order valence-corrected chi connectivity index (χ2v) is 16.4. The highest BCUT2D eigenvalue weighted by atomic mass is 32.1. The van der Waals surface area contributed by atoms with Crippen molar-refractivity contribution in [3.8, 4) is 0 Å². The van der Waals surface area contributed by atoms with Gasteiger partial charge in [0.2, 0.25) is 16.6 Å². The summed E-state index contributed by atoms with van der Waals surface area (Å²) in [6, 6.07) is 8.51. The second-order valence-electron chi connectivity index (χ2n) is 6.24. The first-order chi connectivity index (χ1) is 9.16. The molecule has 0 saturated carbocycles. The van der Waals surface area contributed by atoms with Gasteiger partial charge in [-0.05, 0) is 49.1 Å². The SMILES string of the molecule is C[Si](C)(O)c1cc2ccc3cc([Si](C)(C)O)sc3c2s1. The molecule has 3 rings (SSSR count). The van der Waals surface area contributed by atoms with Gasteiger partial charge < -0.3 is 9.59 Å². The van der Waals surface area contributed by atoms with Crippen LogP contribution in [0, 0.1) is 0 Å². The summed E-state index contributed by atoms with van der Waals surface area (Å²) in [7, 11) is -4.50. The van der Waals surface area contributed by atoms with E-state index in [4.69, 9.17) is 0 Å². The Bertz CT molecular complexity index is 724. The Morgan fingerprint density at radius 3 is 1.40 bits per heavy atom. The predicted octanol–water partition coefficient (Wildman–Crippen LogP) is 2.92. The average Bonchev–Trinajstić information content (AvgIpc) is 2.90. The first kappa shape index (κ1) is 14.4. The number of rotatable bonds is 2. The summed E-state index contributed by atoms with van der Waals surface area (Å²) in [4.78, 5) is 20.6. The summed E-state index contributed by atoms with van der Waals surface area (Å²) in [6.07, 6.45) is 0. The Balaban J connectivity index is 2.30. The van der Waals surface area contributed by atoms with Gasteiger partial charge >= 0.3 is 0 Å². The predicted molar refractivity (Wildman–Crippen MR) is 95.9 cm³/mol. The number of benzene rings is 1. The van der Waals surface area contributed by atoms with E-state index in [0.29, 0.717) is 0 Å². The summed E-state index contributed by atoms with van der Waals surface area (Å²) in [5.41, 5.74) is 0. The van der Waals surface area contributed by atoms with Crippen molar-refractivity contribution in [2.75, 3.05) is 0 Å². The zero-order chi connectivity index (χ0) is 14.7. The van der Waals surface area contributed by atoms with Crippen LogP contribution in [0.3, 0.4) is 0 Å². The quantitative estimate of drug-likeness (QED) is 0.705. The topological polar surface area (TPSA) is 40.5 Å². The summed E-state index contributed by atoms with van der Waals surface area (Å²) >= 11 is 3.43. The smallest absolute Gasteiger partial charge is 0.224 e. The number of hydrogen-bond donors (Lipinski definition) is 2. The van der Waals surface area contributed by atoms with Gasteiger partial charge in [0.25, 0.3) is 0 Å². The Kier molecular flexibility index (Phi) is 3.24. The van der Waals surface area contributed by atoms with Crippen molar-refractivity contribution in [1.29, 1.82) is 0 Å². The van der Waals surface area contributed by atoms with Crippen LogP contribution in [0.5, 0.6) is 0 Å². The Morgan fingerprint density at radius 2 is 1.10 bits per heavy atom. The molecule has 106 valence electrons. The van der Waals surface area contributed by atoms with E-state index in [9.17, 15) is 9.59 Å². The van der Waals surface area contributed by atoms with Gasteiger partial charge in [-0.15, -0.1) is 22.7 Å². The van der Waals surface area contributed by atoms with Crippen molar-refractivity contribution >= 4 is 68.5 Å². The van der Waals surface area contributed by atoms with Gasteiger partial charge in [0.05, 0.1) is 9.40 Å². The molecule has 0 bridgehead atoms. The van der Waals surface area contributed by atoms with Gasteiger partial charge in [0, 0.05) is 9.00 Å². The van der Waals surface area contributed by atoms with Crippen molar-refractivity contribution in [1.82, 2.24) is 0 Å². The Labute approximate surface area is 128 Å². The molecule has 0 amide bonds. The molecular formula is C14H18O2S2Si2. The molecule has 0 unspecified atom stereocenters. The van der Waals surface area contributed by atoms with Crippen LogP contribution < -0.4 is 9.00 Å². The molecule has 0 fully saturated rings. The third-order valence-electron chi connectivity index (χ3n) is 3.38. The highest BCUT2D eigenvalue weighted by Crippen LogP contribution is 2.33. The summed E-state index contributed by atoms with van der Waals surface area (Å²) in [5.74, 6) is 0. The maximum Gasteiger partial charge on any atom is 0.224 e. The minimum Gasteiger partial charge on any atom is -0.427 e. The molecule has 2 N–H and O–H groups in total.